The van der Waals surface area contributed by atoms with Crippen molar-refractivity contribution in [2.45, 2.75) is 18.9 Å². The highest BCUT2D eigenvalue weighted by Crippen LogP contribution is 2.31. The third-order valence-corrected chi connectivity index (χ3v) is 3.96. The van der Waals surface area contributed by atoms with Gasteiger partial charge in [0, 0.05) is 33.3 Å². The largest absolute Gasteiger partial charge is 0.323 e. The van der Waals surface area contributed by atoms with Crippen LogP contribution < -0.4 is 5.73 Å². The van der Waals surface area contributed by atoms with Crippen molar-refractivity contribution in [3.63, 3.8) is 0 Å². The summed E-state index contributed by atoms with van der Waals surface area (Å²) in [4.78, 5) is 4.03. The highest BCUT2D eigenvalue weighted by Gasteiger charge is 2.17. The molecule has 2 aromatic rings. The van der Waals surface area contributed by atoms with Crippen LogP contribution >= 0.6 is 31.9 Å². The Morgan fingerprint density at radius 1 is 1.00 bits per heavy atom. The quantitative estimate of drug-likeness (QED) is 0.870. The van der Waals surface area contributed by atoms with Gasteiger partial charge in [-0.25, -0.2) is 0 Å². The van der Waals surface area contributed by atoms with E-state index < -0.39 is 0 Å². The van der Waals surface area contributed by atoms with Crippen molar-refractivity contribution in [1.82, 2.24) is 4.98 Å². The highest BCUT2D eigenvalue weighted by molar-refractivity contribution is 9.11. The molecule has 2 rings (SSSR count). The van der Waals surface area contributed by atoms with Crippen LogP contribution in [-0.2, 0) is 0 Å². The lowest BCUT2D eigenvalue weighted by molar-refractivity contribution is 0.597. The van der Waals surface area contributed by atoms with Crippen molar-refractivity contribution in [3.8, 4) is 0 Å². The Morgan fingerprint density at radius 2 is 1.56 bits per heavy atom. The van der Waals surface area contributed by atoms with Crippen molar-refractivity contribution in [2.24, 2.45) is 5.73 Å². The van der Waals surface area contributed by atoms with Gasteiger partial charge in [0.25, 0.3) is 0 Å². The summed E-state index contributed by atoms with van der Waals surface area (Å²) in [7, 11) is 0. The fraction of sp³-hybridized carbons (Fsp3) is 0.214. The molecule has 1 aromatic carbocycles. The Hall–Kier alpha value is -0.710. The second kappa shape index (κ2) is 5.95. The van der Waals surface area contributed by atoms with E-state index in [9.17, 15) is 0 Å². The van der Waals surface area contributed by atoms with Crippen LogP contribution in [0.5, 0.6) is 0 Å². The van der Waals surface area contributed by atoms with Crippen molar-refractivity contribution in [3.05, 3.63) is 62.8 Å². The van der Waals surface area contributed by atoms with Crippen molar-refractivity contribution in [2.75, 3.05) is 0 Å². The standard InChI is InChI=1S/C14H14Br2N2/c1-9(10-2-4-18-5-3-10)14(17)11-6-12(15)8-13(16)7-11/h2-9,14H,17H2,1H3. The van der Waals surface area contributed by atoms with E-state index in [4.69, 9.17) is 5.73 Å². The first kappa shape index (κ1) is 13.7. The predicted octanol–water partition coefficient (Wildman–Crippen LogP) is 4.41. The number of hydrogen-bond donors (Lipinski definition) is 1. The highest BCUT2D eigenvalue weighted by atomic mass is 79.9. The van der Waals surface area contributed by atoms with E-state index in [2.05, 4.69) is 55.9 Å². The third-order valence-electron chi connectivity index (χ3n) is 3.04. The zero-order valence-electron chi connectivity index (χ0n) is 9.98. The molecule has 0 amide bonds. The molecule has 0 saturated carbocycles. The summed E-state index contributed by atoms with van der Waals surface area (Å²) in [6, 6.07) is 10.1. The molecule has 2 atom stereocenters. The second-order valence-corrected chi connectivity index (χ2v) is 6.13. The molecule has 0 aliphatic carbocycles. The average molecular weight is 370 g/mol. The Bertz CT molecular complexity index is 508. The molecule has 0 spiro atoms. The van der Waals surface area contributed by atoms with Gasteiger partial charge in [-0.3, -0.25) is 4.98 Å². The molecule has 1 aromatic heterocycles. The van der Waals surface area contributed by atoms with Crippen LogP contribution in [0.4, 0.5) is 0 Å². The van der Waals surface area contributed by atoms with Gasteiger partial charge in [0.15, 0.2) is 0 Å². The molecule has 0 fully saturated rings. The summed E-state index contributed by atoms with van der Waals surface area (Å²) in [5, 5.41) is 0. The number of halogens is 2. The van der Waals surface area contributed by atoms with Crippen molar-refractivity contribution in [1.29, 1.82) is 0 Å². The molecule has 4 heteroatoms. The summed E-state index contributed by atoms with van der Waals surface area (Å²) in [5.41, 5.74) is 8.66. The third kappa shape index (κ3) is 3.19. The number of rotatable bonds is 3. The Kier molecular flexibility index (Phi) is 4.54. The molecule has 1 heterocycles. The smallest absolute Gasteiger partial charge is 0.0362 e. The SMILES string of the molecule is CC(c1ccncc1)C(N)c1cc(Br)cc(Br)c1. The zero-order chi connectivity index (χ0) is 13.1. The zero-order valence-corrected chi connectivity index (χ0v) is 13.1. The van der Waals surface area contributed by atoms with Gasteiger partial charge in [0.2, 0.25) is 0 Å². The topological polar surface area (TPSA) is 38.9 Å². The van der Waals surface area contributed by atoms with E-state index in [1.165, 1.54) is 5.56 Å². The molecule has 18 heavy (non-hydrogen) atoms. The van der Waals surface area contributed by atoms with Crippen LogP contribution in [-0.4, -0.2) is 4.98 Å². The maximum absolute atomic E-state index is 6.35. The maximum Gasteiger partial charge on any atom is 0.0362 e. The van der Waals surface area contributed by atoms with E-state index in [1.54, 1.807) is 12.4 Å². The van der Waals surface area contributed by atoms with Crippen LogP contribution in [0.25, 0.3) is 0 Å². The lowest BCUT2D eigenvalue weighted by atomic mass is 9.90. The van der Waals surface area contributed by atoms with E-state index >= 15 is 0 Å². The van der Waals surface area contributed by atoms with E-state index in [0.717, 1.165) is 14.5 Å². The van der Waals surface area contributed by atoms with Gasteiger partial charge in [0.1, 0.15) is 0 Å². The Balaban J connectivity index is 2.28. The van der Waals surface area contributed by atoms with Crippen LogP contribution in [0, 0.1) is 0 Å². The number of benzene rings is 1. The van der Waals surface area contributed by atoms with Gasteiger partial charge < -0.3 is 5.73 Å². The average Bonchev–Trinajstić information content (AvgIpc) is 2.37. The number of nitrogens with two attached hydrogens (primary N) is 1. The molecule has 94 valence electrons. The van der Waals surface area contributed by atoms with Crippen LogP contribution in [0.2, 0.25) is 0 Å². The lowest BCUT2D eigenvalue weighted by Crippen LogP contribution is -2.17. The van der Waals surface area contributed by atoms with E-state index in [1.807, 2.05) is 18.2 Å². The second-order valence-electron chi connectivity index (χ2n) is 4.30. The van der Waals surface area contributed by atoms with Gasteiger partial charge in [-0.15, -0.1) is 0 Å². The molecule has 0 aliphatic heterocycles. The molecular weight excluding hydrogens is 356 g/mol. The lowest BCUT2D eigenvalue weighted by Gasteiger charge is -2.21. The maximum atomic E-state index is 6.35. The normalized spacial score (nSPS) is 14.2. The monoisotopic (exact) mass is 368 g/mol. The minimum absolute atomic E-state index is 0.0406. The van der Waals surface area contributed by atoms with Gasteiger partial charge in [-0.1, -0.05) is 38.8 Å². The van der Waals surface area contributed by atoms with Gasteiger partial charge in [-0.05, 0) is 41.5 Å². The van der Waals surface area contributed by atoms with Gasteiger partial charge in [0.05, 0.1) is 0 Å². The molecule has 2 unspecified atom stereocenters. The van der Waals surface area contributed by atoms with E-state index in [-0.39, 0.29) is 12.0 Å². The van der Waals surface area contributed by atoms with Crippen molar-refractivity contribution >= 4 is 31.9 Å². The van der Waals surface area contributed by atoms with Crippen LogP contribution in [0.1, 0.15) is 30.0 Å². The fourth-order valence-electron chi connectivity index (χ4n) is 1.93. The van der Waals surface area contributed by atoms with Crippen LogP contribution in [0.3, 0.4) is 0 Å². The number of nitrogens with zero attached hydrogens (tertiary/aromatic N) is 1. The molecular formula is C14H14Br2N2. The number of hydrogen-bond acceptors (Lipinski definition) is 2. The summed E-state index contributed by atoms with van der Waals surface area (Å²) in [6.07, 6.45) is 3.60. The minimum atomic E-state index is -0.0406. The first-order chi connectivity index (χ1) is 8.58. The Labute approximate surface area is 124 Å². The summed E-state index contributed by atoms with van der Waals surface area (Å²) < 4.78 is 2.06. The predicted molar refractivity (Wildman–Crippen MR) is 81.4 cm³/mol. The first-order valence-corrected chi connectivity index (χ1v) is 7.28. The molecule has 0 radical (unpaired) electrons. The molecule has 0 bridgehead atoms. The molecule has 0 aliphatic rings. The Morgan fingerprint density at radius 3 is 2.11 bits per heavy atom. The molecule has 2 N–H and O–H groups in total. The number of pyridine rings is 1. The van der Waals surface area contributed by atoms with Crippen molar-refractivity contribution < 1.29 is 0 Å². The summed E-state index contributed by atoms with van der Waals surface area (Å²) in [5.74, 6) is 0.245. The fourth-order valence-corrected chi connectivity index (χ4v) is 3.26. The summed E-state index contributed by atoms with van der Waals surface area (Å²) >= 11 is 6.98. The molecule has 0 saturated heterocycles. The van der Waals surface area contributed by atoms with Crippen LogP contribution in [0.15, 0.2) is 51.7 Å². The van der Waals surface area contributed by atoms with E-state index in [0.29, 0.717) is 0 Å². The first-order valence-electron chi connectivity index (χ1n) is 5.69. The minimum Gasteiger partial charge on any atom is -0.323 e. The molecule has 2 nitrogen and oxygen atoms in total. The summed E-state index contributed by atoms with van der Waals surface area (Å²) in [6.45, 7) is 2.13. The van der Waals surface area contributed by atoms with Gasteiger partial charge in [-0.2, -0.15) is 0 Å². The number of aromatic nitrogens is 1. The van der Waals surface area contributed by atoms with Gasteiger partial charge >= 0.3 is 0 Å².